The zero-order chi connectivity index (χ0) is 13.8. The molecule has 2 N–H and O–H groups in total. The number of thiocarbonyl (C=S) groups is 1. The largest absolute Gasteiger partial charge is 0.332 e. The van der Waals surface area contributed by atoms with Gasteiger partial charge in [-0.1, -0.05) is 23.8 Å². The van der Waals surface area contributed by atoms with E-state index in [2.05, 4.69) is 10.6 Å². The van der Waals surface area contributed by atoms with E-state index in [1.807, 2.05) is 31.2 Å². The fourth-order valence-corrected chi connectivity index (χ4v) is 1.84. The lowest BCUT2D eigenvalue weighted by Gasteiger charge is -2.11. The Morgan fingerprint density at radius 1 is 0.947 bits per heavy atom. The molecule has 0 saturated carbocycles. The van der Waals surface area contributed by atoms with Gasteiger partial charge < -0.3 is 10.6 Å². The average Bonchev–Trinajstić information content (AvgIpc) is 2.37. The Kier molecular flexibility index (Phi) is 4.12. The molecule has 19 heavy (non-hydrogen) atoms. The number of benzene rings is 2. The van der Waals surface area contributed by atoms with Crippen LogP contribution >= 0.6 is 12.2 Å². The number of rotatable bonds is 2. The van der Waals surface area contributed by atoms with Gasteiger partial charge in [-0.15, -0.1) is 0 Å². The Balaban J connectivity index is 2.01. The molecule has 2 nitrogen and oxygen atoms in total. The van der Waals surface area contributed by atoms with E-state index in [0.29, 0.717) is 16.4 Å². The van der Waals surface area contributed by atoms with Crippen LogP contribution in [0.25, 0.3) is 0 Å². The highest BCUT2D eigenvalue weighted by Gasteiger charge is 2.02. The molecule has 0 radical (unpaired) electrons. The summed E-state index contributed by atoms with van der Waals surface area (Å²) < 4.78 is 13.4. The minimum atomic E-state index is -0.247. The second kappa shape index (κ2) is 5.80. The van der Waals surface area contributed by atoms with E-state index in [-0.39, 0.29) is 5.82 Å². The van der Waals surface area contributed by atoms with Crippen molar-refractivity contribution in [1.29, 1.82) is 0 Å². The van der Waals surface area contributed by atoms with Gasteiger partial charge in [0, 0.05) is 11.4 Å². The van der Waals surface area contributed by atoms with Crippen LogP contribution in [0.3, 0.4) is 0 Å². The first-order valence-corrected chi connectivity index (χ1v) is 6.36. The molecule has 0 spiro atoms. The third-order valence-corrected chi connectivity index (χ3v) is 2.94. The number of anilines is 2. The Morgan fingerprint density at radius 3 is 2.16 bits per heavy atom. The van der Waals surface area contributed by atoms with Crippen molar-refractivity contribution in [3.63, 3.8) is 0 Å². The van der Waals surface area contributed by atoms with Gasteiger partial charge in [0.15, 0.2) is 5.11 Å². The van der Waals surface area contributed by atoms with Crippen molar-refractivity contribution >= 4 is 28.7 Å². The minimum absolute atomic E-state index is 0.247. The maximum absolute atomic E-state index is 13.4. The summed E-state index contributed by atoms with van der Waals surface area (Å²) in [6.45, 7) is 3.75. The van der Waals surface area contributed by atoms with Gasteiger partial charge in [0.1, 0.15) is 5.82 Å². The van der Waals surface area contributed by atoms with Crippen molar-refractivity contribution in [3.8, 4) is 0 Å². The molecule has 2 aromatic carbocycles. The molecule has 4 heteroatoms. The van der Waals surface area contributed by atoms with Gasteiger partial charge in [0.25, 0.3) is 0 Å². The second-order valence-electron chi connectivity index (χ2n) is 4.41. The van der Waals surface area contributed by atoms with Crippen LogP contribution in [-0.2, 0) is 0 Å². The van der Waals surface area contributed by atoms with Crippen molar-refractivity contribution in [2.45, 2.75) is 13.8 Å². The SMILES string of the molecule is Cc1ccc(NC(=S)Nc2ccc(C)c(F)c2)cc1. The molecule has 0 aliphatic carbocycles. The summed E-state index contributed by atoms with van der Waals surface area (Å²) in [4.78, 5) is 0. The van der Waals surface area contributed by atoms with E-state index in [1.165, 1.54) is 11.6 Å². The van der Waals surface area contributed by atoms with Crippen LogP contribution in [0.5, 0.6) is 0 Å². The first-order chi connectivity index (χ1) is 9.04. The Morgan fingerprint density at radius 2 is 1.53 bits per heavy atom. The number of hydrogen-bond donors (Lipinski definition) is 2. The van der Waals surface area contributed by atoms with Gasteiger partial charge in [0.05, 0.1) is 0 Å². The zero-order valence-corrected chi connectivity index (χ0v) is 11.6. The van der Waals surface area contributed by atoms with Crippen LogP contribution in [0.2, 0.25) is 0 Å². The highest BCUT2D eigenvalue weighted by Crippen LogP contribution is 2.14. The standard InChI is InChI=1S/C15H15FN2S/c1-10-3-6-12(7-4-10)17-15(19)18-13-8-5-11(2)14(16)9-13/h3-9H,1-2H3,(H2,17,18,19). The molecule has 0 aliphatic heterocycles. The summed E-state index contributed by atoms with van der Waals surface area (Å²) >= 11 is 5.18. The second-order valence-corrected chi connectivity index (χ2v) is 4.82. The van der Waals surface area contributed by atoms with Gasteiger partial charge in [-0.2, -0.15) is 0 Å². The molecule has 0 fully saturated rings. The first kappa shape index (κ1) is 13.5. The topological polar surface area (TPSA) is 24.1 Å². The van der Waals surface area contributed by atoms with Gasteiger partial charge in [0.2, 0.25) is 0 Å². The van der Waals surface area contributed by atoms with Crippen LogP contribution in [0.15, 0.2) is 42.5 Å². The summed E-state index contributed by atoms with van der Waals surface area (Å²) in [6, 6.07) is 12.8. The normalized spacial score (nSPS) is 10.1. The lowest BCUT2D eigenvalue weighted by molar-refractivity contribution is 0.619. The number of hydrogen-bond acceptors (Lipinski definition) is 1. The summed E-state index contributed by atoms with van der Waals surface area (Å²) in [5, 5.41) is 6.44. The molecule has 2 rings (SSSR count). The first-order valence-electron chi connectivity index (χ1n) is 5.95. The molecule has 0 heterocycles. The highest BCUT2D eigenvalue weighted by molar-refractivity contribution is 7.80. The molecule has 2 aromatic rings. The molecule has 0 atom stereocenters. The summed E-state index contributed by atoms with van der Waals surface area (Å²) in [5.41, 5.74) is 3.33. The highest BCUT2D eigenvalue weighted by atomic mass is 32.1. The van der Waals surface area contributed by atoms with Gasteiger partial charge in [-0.25, -0.2) is 4.39 Å². The van der Waals surface area contributed by atoms with E-state index >= 15 is 0 Å². The van der Waals surface area contributed by atoms with Crippen molar-refractivity contribution in [2.75, 3.05) is 10.6 Å². The van der Waals surface area contributed by atoms with Gasteiger partial charge in [-0.3, -0.25) is 0 Å². The maximum atomic E-state index is 13.4. The van der Waals surface area contributed by atoms with Crippen LogP contribution in [0.1, 0.15) is 11.1 Å². The van der Waals surface area contributed by atoms with Crippen molar-refractivity contribution in [2.24, 2.45) is 0 Å². The molecule has 98 valence electrons. The van der Waals surface area contributed by atoms with Gasteiger partial charge in [-0.05, 0) is 55.9 Å². The Hall–Kier alpha value is -1.94. The van der Waals surface area contributed by atoms with E-state index in [0.717, 1.165) is 5.69 Å². The monoisotopic (exact) mass is 274 g/mol. The quantitative estimate of drug-likeness (QED) is 0.800. The van der Waals surface area contributed by atoms with E-state index in [4.69, 9.17) is 12.2 Å². The molecular weight excluding hydrogens is 259 g/mol. The molecule has 0 saturated heterocycles. The van der Waals surface area contributed by atoms with Crippen molar-refractivity contribution in [1.82, 2.24) is 0 Å². The number of aryl methyl sites for hydroxylation is 2. The maximum Gasteiger partial charge on any atom is 0.175 e. The molecule has 0 aliphatic rings. The third kappa shape index (κ3) is 3.76. The van der Waals surface area contributed by atoms with Gasteiger partial charge >= 0.3 is 0 Å². The smallest absolute Gasteiger partial charge is 0.175 e. The molecular formula is C15H15FN2S. The Bertz CT molecular complexity index is 594. The lowest BCUT2D eigenvalue weighted by Crippen LogP contribution is -2.19. The van der Waals surface area contributed by atoms with Crippen molar-refractivity contribution < 1.29 is 4.39 Å². The summed E-state index contributed by atoms with van der Waals surface area (Å²) in [7, 11) is 0. The summed E-state index contributed by atoms with van der Waals surface area (Å²) in [6.07, 6.45) is 0. The average molecular weight is 274 g/mol. The lowest BCUT2D eigenvalue weighted by atomic mass is 10.2. The van der Waals surface area contributed by atoms with Crippen LogP contribution < -0.4 is 10.6 Å². The van der Waals surface area contributed by atoms with E-state index in [1.54, 1.807) is 19.1 Å². The van der Waals surface area contributed by atoms with Crippen LogP contribution in [-0.4, -0.2) is 5.11 Å². The van der Waals surface area contributed by atoms with Crippen molar-refractivity contribution in [3.05, 3.63) is 59.4 Å². The van der Waals surface area contributed by atoms with Crippen LogP contribution in [0, 0.1) is 19.7 Å². The predicted octanol–water partition coefficient (Wildman–Crippen LogP) is 4.25. The molecule has 0 aromatic heterocycles. The van der Waals surface area contributed by atoms with E-state index in [9.17, 15) is 4.39 Å². The molecule has 0 amide bonds. The summed E-state index contributed by atoms with van der Waals surface area (Å²) in [5.74, 6) is -0.247. The van der Waals surface area contributed by atoms with Crippen LogP contribution in [0.4, 0.5) is 15.8 Å². The predicted molar refractivity (Wildman–Crippen MR) is 82.2 cm³/mol. The van der Waals surface area contributed by atoms with E-state index < -0.39 is 0 Å². The molecule has 0 unspecified atom stereocenters. The fraction of sp³-hybridized carbons (Fsp3) is 0.133. The zero-order valence-electron chi connectivity index (χ0n) is 10.8. The number of halogens is 1. The fourth-order valence-electron chi connectivity index (χ4n) is 1.60. The third-order valence-electron chi connectivity index (χ3n) is 2.74. The minimum Gasteiger partial charge on any atom is -0.332 e. The number of nitrogens with one attached hydrogen (secondary N) is 2. The Labute approximate surface area is 117 Å². The molecule has 0 bridgehead atoms.